The Morgan fingerprint density at radius 2 is 2.12 bits per heavy atom. The lowest BCUT2D eigenvalue weighted by Crippen LogP contribution is -2.36. The summed E-state index contributed by atoms with van der Waals surface area (Å²) >= 11 is 3.50. The minimum Gasteiger partial charge on any atom is -0.496 e. The summed E-state index contributed by atoms with van der Waals surface area (Å²) in [6, 6.07) is 6.35. The summed E-state index contributed by atoms with van der Waals surface area (Å²) in [5.74, 6) is 0.843. The van der Waals surface area contributed by atoms with Crippen molar-refractivity contribution in [3.05, 3.63) is 28.2 Å². The molecule has 0 aliphatic heterocycles. The van der Waals surface area contributed by atoms with Gasteiger partial charge in [-0.05, 0) is 60.9 Å². The Balaban J connectivity index is 2.93. The Hall–Kier alpha value is -0.580. The molecule has 0 radical (unpaired) electrons. The van der Waals surface area contributed by atoms with Gasteiger partial charge in [-0.2, -0.15) is 0 Å². The van der Waals surface area contributed by atoms with Crippen molar-refractivity contribution in [3.8, 4) is 5.75 Å². The van der Waals surface area contributed by atoms with E-state index in [9.17, 15) is 0 Å². The molecule has 1 aromatic carbocycles. The molecule has 0 spiro atoms. The average Bonchev–Trinajstić information content (AvgIpc) is 2.24. The van der Waals surface area contributed by atoms with Gasteiger partial charge in [0.25, 0.3) is 0 Å². The van der Waals surface area contributed by atoms with Crippen LogP contribution >= 0.6 is 15.9 Å². The minimum absolute atomic E-state index is 0.194. The first kappa shape index (κ1) is 14.5. The first-order valence-corrected chi connectivity index (χ1v) is 6.46. The van der Waals surface area contributed by atoms with Gasteiger partial charge in [-0.1, -0.05) is 6.07 Å². The van der Waals surface area contributed by atoms with Gasteiger partial charge < -0.3 is 15.8 Å². The lowest BCUT2D eigenvalue weighted by atomic mass is 9.92. The summed E-state index contributed by atoms with van der Waals surface area (Å²) in [6.07, 6.45) is 0.877. The zero-order valence-corrected chi connectivity index (χ0v) is 12.5. The number of methoxy groups -OCH3 is 1. The fourth-order valence-electron chi connectivity index (χ4n) is 1.81. The van der Waals surface area contributed by atoms with Crippen molar-refractivity contribution in [1.29, 1.82) is 0 Å². The largest absolute Gasteiger partial charge is 0.496 e. The highest BCUT2D eigenvalue weighted by molar-refractivity contribution is 9.10. The Labute approximate surface area is 112 Å². The van der Waals surface area contributed by atoms with Crippen molar-refractivity contribution in [2.24, 2.45) is 5.73 Å². The van der Waals surface area contributed by atoms with E-state index >= 15 is 0 Å². The van der Waals surface area contributed by atoms with Crippen LogP contribution in [0, 0.1) is 0 Å². The van der Waals surface area contributed by atoms with Gasteiger partial charge in [-0.3, -0.25) is 0 Å². The maximum Gasteiger partial charge on any atom is 0.133 e. The number of nitrogens with one attached hydrogen (secondary N) is 1. The molecule has 4 heteroatoms. The van der Waals surface area contributed by atoms with E-state index < -0.39 is 0 Å². The van der Waals surface area contributed by atoms with Crippen molar-refractivity contribution in [2.75, 3.05) is 14.2 Å². The van der Waals surface area contributed by atoms with Crippen LogP contribution in [0.25, 0.3) is 0 Å². The van der Waals surface area contributed by atoms with Gasteiger partial charge in [0.15, 0.2) is 0 Å². The molecule has 1 atom stereocenters. The topological polar surface area (TPSA) is 47.3 Å². The Morgan fingerprint density at radius 1 is 1.47 bits per heavy atom. The van der Waals surface area contributed by atoms with E-state index in [4.69, 9.17) is 10.5 Å². The van der Waals surface area contributed by atoms with Crippen LogP contribution in [0.5, 0.6) is 5.75 Å². The molecule has 17 heavy (non-hydrogen) atoms. The number of halogens is 1. The molecular formula is C13H21BrN2O. The smallest absolute Gasteiger partial charge is 0.133 e. The molecule has 0 aliphatic rings. The van der Waals surface area contributed by atoms with Crippen LogP contribution in [-0.2, 0) is 0 Å². The van der Waals surface area contributed by atoms with E-state index in [0.29, 0.717) is 0 Å². The molecule has 3 N–H and O–H groups in total. The third-order valence-electron chi connectivity index (χ3n) is 2.66. The molecule has 0 aromatic heterocycles. The summed E-state index contributed by atoms with van der Waals surface area (Å²) in [6.45, 7) is 4.08. The zero-order chi connectivity index (χ0) is 13.1. The average molecular weight is 301 g/mol. The van der Waals surface area contributed by atoms with Crippen LogP contribution in [0.1, 0.15) is 31.9 Å². The summed E-state index contributed by atoms with van der Waals surface area (Å²) in [4.78, 5) is 0. The molecule has 0 saturated heterocycles. The van der Waals surface area contributed by atoms with Crippen molar-refractivity contribution in [1.82, 2.24) is 5.32 Å². The van der Waals surface area contributed by atoms with Crippen LogP contribution in [-0.4, -0.2) is 19.7 Å². The highest BCUT2D eigenvalue weighted by Gasteiger charge is 2.19. The predicted octanol–water partition coefficient (Wildman–Crippen LogP) is 2.85. The number of benzene rings is 1. The Bertz CT molecular complexity index is 374. The summed E-state index contributed by atoms with van der Waals surface area (Å²) in [5, 5.41) is 3.30. The van der Waals surface area contributed by atoms with E-state index in [1.807, 2.05) is 27.0 Å². The lowest BCUT2D eigenvalue weighted by Gasteiger charge is -2.26. The van der Waals surface area contributed by atoms with Gasteiger partial charge in [0, 0.05) is 11.6 Å². The maximum atomic E-state index is 6.07. The second kappa shape index (κ2) is 5.85. The monoisotopic (exact) mass is 300 g/mol. The SMILES string of the molecule is CNC(CC(C)(C)N)c1ccc(OC)c(Br)c1. The van der Waals surface area contributed by atoms with Crippen LogP contribution < -0.4 is 15.8 Å². The van der Waals surface area contributed by atoms with E-state index in [2.05, 4.69) is 33.4 Å². The molecule has 1 aromatic rings. The van der Waals surface area contributed by atoms with Crippen molar-refractivity contribution in [2.45, 2.75) is 31.8 Å². The van der Waals surface area contributed by atoms with E-state index in [0.717, 1.165) is 16.6 Å². The van der Waals surface area contributed by atoms with Crippen molar-refractivity contribution in [3.63, 3.8) is 0 Å². The highest BCUT2D eigenvalue weighted by atomic mass is 79.9. The lowest BCUT2D eigenvalue weighted by molar-refractivity contribution is 0.393. The third-order valence-corrected chi connectivity index (χ3v) is 3.28. The van der Waals surface area contributed by atoms with Crippen LogP contribution in [0.3, 0.4) is 0 Å². The summed E-state index contributed by atoms with van der Waals surface area (Å²) in [5.41, 5.74) is 7.08. The molecular weight excluding hydrogens is 280 g/mol. The molecule has 1 rings (SSSR count). The fourth-order valence-corrected chi connectivity index (χ4v) is 2.37. The molecule has 96 valence electrons. The molecule has 0 fully saturated rings. The van der Waals surface area contributed by atoms with Crippen molar-refractivity contribution >= 4 is 15.9 Å². The van der Waals surface area contributed by atoms with Crippen LogP contribution in [0.15, 0.2) is 22.7 Å². The quantitative estimate of drug-likeness (QED) is 0.879. The van der Waals surface area contributed by atoms with Gasteiger partial charge in [0.05, 0.1) is 11.6 Å². The molecule has 0 aliphatic carbocycles. The third kappa shape index (κ3) is 4.30. The summed E-state index contributed by atoms with van der Waals surface area (Å²) in [7, 11) is 3.62. The maximum absolute atomic E-state index is 6.07. The number of hydrogen-bond donors (Lipinski definition) is 2. The predicted molar refractivity (Wildman–Crippen MR) is 75.4 cm³/mol. The van der Waals surface area contributed by atoms with Gasteiger partial charge >= 0.3 is 0 Å². The second-order valence-corrected chi connectivity index (χ2v) is 5.78. The number of hydrogen-bond acceptors (Lipinski definition) is 3. The minimum atomic E-state index is -0.194. The molecule has 1 unspecified atom stereocenters. The first-order chi connectivity index (χ1) is 7.87. The molecule has 0 amide bonds. The molecule has 3 nitrogen and oxygen atoms in total. The molecule has 0 heterocycles. The number of ether oxygens (including phenoxy) is 1. The van der Waals surface area contributed by atoms with Crippen LogP contribution in [0.2, 0.25) is 0 Å². The van der Waals surface area contributed by atoms with Crippen LogP contribution in [0.4, 0.5) is 0 Å². The van der Waals surface area contributed by atoms with E-state index in [1.54, 1.807) is 7.11 Å². The van der Waals surface area contributed by atoms with Gasteiger partial charge in [0.2, 0.25) is 0 Å². The Morgan fingerprint density at radius 3 is 2.53 bits per heavy atom. The first-order valence-electron chi connectivity index (χ1n) is 5.67. The van der Waals surface area contributed by atoms with Gasteiger partial charge in [-0.25, -0.2) is 0 Å². The number of rotatable bonds is 5. The van der Waals surface area contributed by atoms with Gasteiger partial charge in [-0.15, -0.1) is 0 Å². The molecule has 0 bridgehead atoms. The normalized spacial score (nSPS) is 13.5. The summed E-state index contributed by atoms with van der Waals surface area (Å²) < 4.78 is 6.19. The highest BCUT2D eigenvalue weighted by Crippen LogP contribution is 2.30. The zero-order valence-electron chi connectivity index (χ0n) is 10.9. The molecule has 0 saturated carbocycles. The standard InChI is InChI=1S/C13H21BrN2O/c1-13(2,15)8-11(16-3)9-5-6-12(17-4)10(14)7-9/h5-7,11,16H,8,15H2,1-4H3. The number of nitrogens with two attached hydrogens (primary N) is 1. The fraction of sp³-hybridized carbons (Fsp3) is 0.538. The Kier molecular flexibility index (Phi) is 4.98. The van der Waals surface area contributed by atoms with Crippen molar-refractivity contribution < 1.29 is 4.74 Å². The van der Waals surface area contributed by atoms with E-state index in [-0.39, 0.29) is 11.6 Å². The van der Waals surface area contributed by atoms with E-state index in [1.165, 1.54) is 5.56 Å². The van der Waals surface area contributed by atoms with Gasteiger partial charge in [0.1, 0.15) is 5.75 Å². The second-order valence-electron chi connectivity index (χ2n) is 4.93.